The Morgan fingerprint density at radius 2 is 1.78 bits per heavy atom. The molecule has 0 radical (unpaired) electrons. The maximum atomic E-state index is 13.8. The number of nitrogens with zero attached hydrogens (tertiary/aromatic N) is 5. The molecule has 0 bridgehead atoms. The number of benzene rings is 1. The van der Waals surface area contributed by atoms with Gasteiger partial charge < -0.3 is 14.7 Å². The van der Waals surface area contributed by atoms with Crippen LogP contribution in [0, 0.1) is 23.5 Å². The summed E-state index contributed by atoms with van der Waals surface area (Å²) in [4.78, 5) is 22.2. The monoisotopic (exact) mass is 499 g/mol. The van der Waals surface area contributed by atoms with E-state index in [0.29, 0.717) is 18.4 Å². The minimum absolute atomic E-state index is 0.00214. The molecule has 2 aromatic heterocycles. The third-order valence-corrected chi connectivity index (χ3v) is 6.31. The molecule has 0 saturated carbocycles. The van der Waals surface area contributed by atoms with Gasteiger partial charge in [-0.2, -0.15) is 5.10 Å². The molecular weight excluding hydrogens is 468 g/mol. The van der Waals surface area contributed by atoms with Gasteiger partial charge >= 0.3 is 5.97 Å². The van der Waals surface area contributed by atoms with E-state index in [2.05, 4.69) is 33.8 Å². The predicted octanol–water partition coefficient (Wildman–Crippen LogP) is 5.05. The number of anilines is 1. The van der Waals surface area contributed by atoms with Gasteiger partial charge in [0, 0.05) is 61.5 Å². The second-order valence-electron chi connectivity index (χ2n) is 9.60. The van der Waals surface area contributed by atoms with Crippen molar-refractivity contribution in [2.45, 2.75) is 46.1 Å². The summed E-state index contributed by atoms with van der Waals surface area (Å²) < 4.78 is 34.9. The van der Waals surface area contributed by atoms with E-state index >= 15 is 0 Å². The number of aromatic carboxylic acids is 1. The van der Waals surface area contributed by atoms with E-state index in [1.165, 1.54) is 0 Å². The first-order valence-corrected chi connectivity index (χ1v) is 12.2. The van der Waals surface area contributed by atoms with E-state index in [4.69, 9.17) is 9.84 Å². The van der Waals surface area contributed by atoms with Crippen molar-refractivity contribution >= 4 is 11.9 Å². The summed E-state index contributed by atoms with van der Waals surface area (Å²) in [5.41, 5.74) is 0.984. The molecule has 0 unspecified atom stereocenters. The SMILES string of the molecule is CC(C)Cn1cc(-c2cnc(N3CCC(CCCOc4cc(F)c(C(=O)O)c(F)c4)CC3)nc2)cn1. The van der Waals surface area contributed by atoms with Crippen molar-refractivity contribution in [2.75, 3.05) is 24.6 Å². The molecule has 1 saturated heterocycles. The average Bonchev–Trinajstić information content (AvgIpc) is 3.29. The fourth-order valence-corrected chi connectivity index (χ4v) is 4.44. The summed E-state index contributed by atoms with van der Waals surface area (Å²) >= 11 is 0. The van der Waals surface area contributed by atoms with Gasteiger partial charge in [-0.15, -0.1) is 0 Å². The minimum Gasteiger partial charge on any atom is -0.493 e. The normalized spacial score (nSPS) is 14.4. The molecule has 1 aliphatic rings. The van der Waals surface area contributed by atoms with Crippen LogP contribution in [0.1, 0.15) is 49.9 Å². The van der Waals surface area contributed by atoms with Crippen LogP contribution in [0.15, 0.2) is 36.9 Å². The predicted molar refractivity (Wildman–Crippen MR) is 131 cm³/mol. The van der Waals surface area contributed by atoms with Gasteiger partial charge in [0.15, 0.2) is 0 Å². The molecule has 1 N–H and O–H groups in total. The van der Waals surface area contributed by atoms with E-state index in [1.54, 1.807) is 0 Å². The van der Waals surface area contributed by atoms with E-state index in [-0.39, 0.29) is 5.75 Å². The molecule has 4 rings (SSSR count). The number of hydrogen-bond acceptors (Lipinski definition) is 6. The molecule has 1 aliphatic heterocycles. The van der Waals surface area contributed by atoms with Crippen molar-refractivity contribution < 1.29 is 23.4 Å². The second kappa shape index (κ2) is 11.5. The van der Waals surface area contributed by atoms with Crippen LogP contribution in [0.4, 0.5) is 14.7 Å². The molecular formula is C26H31F2N5O3. The Morgan fingerprint density at radius 3 is 2.39 bits per heavy atom. The van der Waals surface area contributed by atoms with Gasteiger partial charge in [-0.25, -0.2) is 23.5 Å². The molecule has 8 nitrogen and oxygen atoms in total. The number of ether oxygens (including phenoxy) is 1. The molecule has 192 valence electrons. The Bertz CT molecular complexity index is 1150. The maximum absolute atomic E-state index is 13.8. The number of rotatable bonds is 10. The van der Waals surface area contributed by atoms with Crippen LogP contribution in [0.2, 0.25) is 0 Å². The molecule has 36 heavy (non-hydrogen) atoms. The van der Waals surface area contributed by atoms with Crippen LogP contribution in [0.25, 0.3) is 11.1 Å². The summed E-state index contributed by atoms with van der Waals surface area (Å²) in [7, 11) is 0. The fraction of sp³-hybridized carbons (Fsp3) is 0.462. The van der Waals surface area contributed by atoms with Gasteiger partial charge in [0.25, 0.3) is 0 Å². The molecule has 0 spiro atoms. The zero-order valence-electron chi connectivity index (χ0n) is 20.5. The van der Waals surface area contributed by atoms with Crippen molar-refractivity contribution in [3.63, 3.8) is 0 Å². The van der Waals surface area contributed by atoms with Gasteiger partial charge in [0.1, 0.15) is 22.9 Å². The molecule has 0 atom stereocenters. The number of hydrogen-bond donors (Lipinski definition) is 1. The Kier molecular flexibility index (Phi) is 8.12. The quantitative estimate of drug-likeness (QED) is 0.390. The first-order valence-electron chi connectivity index (χ1n) is 12.2. The lowest BCUT2D eigenvalue weighted by molar-refractivity contribution is 0.0686. The first-order chi connectivity index (χ1) is 17.3. The summed E-state index contributed by atoms with van der Waals surface area (Å²) in [6, 6.07) is 1.82. The van der Waals surface area contributed by atoms with Crippen LogP contribution < -0.4 is 9.64 Å². The standard InChI is InChI=1S/C26H31F2N5O3/c1-17(2)15-33-16-20(14-31-33)19-12-29-26(30-13-19)32-7-5-18(6-8-32)4-3-9-36-21-10-22(27)24(25(34)35)23(28)11-21/h10-14,16-18H,3-9,15H2,1-2H3,(H,34,35). The summed E-state index contributed by atoms with van der Waals surface area (Å²) in [6.45, 7) is 7.23. The summed E-state index contributed by atoms with van der Waals surface area (Å²) in [5, 5.41) is 13.2. The number of piperidine rings is 1. The molecule has 1 fully saturated rings. The Labute approximate surface area is 208 Å². The number of carbonyl (C=O) groups is 1. The highest BCUT2D eigenvalue weighted by atomic mass is 19.1. The topological polar surface area (TPSA) is 93.4 Å². The van der Waals surface area contributed by atoms with E-state index in [0.717, 1.165) is 74.5 Å². The van der Waals surface area contributed by atoms with Crippen LogP contribution in [-0.4, -0.2) is 50.5 Å². The van der Waals surface area contributed by atoms with E-state index in [9.17, 15) is 13.6 Å². The lowest BCUT2D eigenvalue weighted by Crippen LogP contribution is -2.34. The van der Waals surface area contributed by atoms with Crippen molar-refractivity contribution in [1.29, 1.82) is 0 Å². The lowest BCUT2D eigenvalue weighted by Gasteiger charge is -2.32. The Hall–Kier alpha value is -3.56. The van der Waals surface area contributed by atoms with Crippen molar-refractivity contribution in [2.24, 2.45) is 11.8 Å². The van der Waals surface area contributed by atoms with Crippen LogP contribution in [-0.2, 0) is 6.54 Å². The van der Waals surface area contributed by atoms with Crippen molar-refractivity contribution in [3.8, 4) is 16.9 Å². The molecule has 0 aliphatic carbocycles. The average molecular weight is 500 g/mol. The number of aromatic nitrogens is 4. The molecule has 3 heterocycles. The molecule has 0 amide bonds. The van der Waals surface area contributed by atoms with Crippen LogP contribution in [0.3, 0.4) is 0 Å². The summed E-state index contributed by atoms with van der Waals surface area (Å²) in [6.07, 6.45) is 11.2. The maximum Gasteiger partial charge on any atom is 0.341 e. The zero-order chi connectivity index (χ0) is 25.7. The first kappa shape index (κ1) is 25.5. The fourth-order valence-electron chi connectivity index (χ4n) is 4.44. The Morgan fingerprint density at radius 1 is 1.11 bits per heavy atom. The van der Waals surface area contributed by atoms with Crippen LogP contribution >= 0.6 is 0 Å². The van der Waals surface area contributed by atoms with Gasteiger partial charge in [-0.05, 0) is 37.5 Å². The number of carboxylic acid groups (broad SMARTS) is 1. The molecule has 3 aromatic rings. The highest BCUT2D eigenvalue weighted by Gasteiger charge is 2.21. The highest BCUT2D eigenvalue weighted by Crippen LogP contribution is 2.26. The van der Waals surface area contributed by atoms with Crippen molar-refractivity contribution in [1.82, 2.24) is 19.7 Å². The largest absolute Gasteiger partial charge is 0.493 e. The van der Waals surface area contributed by atoms with E-state index in [1.807, 2.05) is 29.5 Å². The van der Waals surface area contributed by atoms with E-state index < -0.39 is 23.2 Å². The van der Waals surface area contributed by atoms with Gasteiger partial charge in [-0.1, -0.05) is 13.8 Å². The Balaban J connectivity index is 1.20. The second-order valence-corrected chi connectivity index (χ2v) is 9.60. The highest BCUT2D eigenvalue weighted by molar-refractivity contribution is 5.88. The van der Waals surface area contributed by atoms with Gasteiger partial charge in [0.2, 0.25) is 5.95 Å². The van der Waals surface area contributed by atoms with Gasteiger partial charge in [0.05, 0.1) is 12.8 Å². The summed E-state index contributed by atoms with van der Waals surface area (Å²) in [5.74, 6) is -2.14. The zero-order valence-corrected chi connectivity index (χ0v) is 20.5. The third kappa shape index (κ3) is 6.35. The third-order valence-electron chi connectivity index (χ3n) is 6.31. The van der Waals surface area contributed by atoms with Gasteiger partial charge in [-0.3, -0.25) is 4.68 Å². The molecule has 1 aromatic carbocycles. The van der Waals surface area contributed by atoms with Crippen molar-refractivity contribution in [3.05, 3.63) is 54.1 Å². The molecule has 10 heteroatoms. The number of carboxylic acids is 1. The van der Waals surface area contributed by atoms with Crippen LogP contribution in [0.5, 0.6) is 5.75 Å². The number of halogens is 2. The smallest absolute Gasteiger partial charge is 0.341 e. The minimum atomic E-state index is -1.64. The lowest BCUT2D eigenvalue weighted by atomic mass is 9.92.